The van der Waals surface area contributed by atoms with Crippen molar-refractivity contribution in [3.05, 3.63) is 40.9 Å². The summed E-state index contributed by atoms with van der Waals surface area (Å²) in [7, 11) is 3.54. The van der Waals surface area contributed by atoms with Crippen LogP contribution in [-0.4, -0.2) is 35.1 Å². The molecule has 1 amide bonds. The Balaban J connectivity index is 2.27. The SMILES string of the molecule is Cc1nnc(S[C@@H](C(=O)N(C)C)c2ccccc2)s1. The van der Waals surface area contributed by atoms with Crippen LogP contribution in [0.5, 0.6) is 0 Å². The number of aromatic nitrogens is 2. The average molecular weight is 293 g/mol. The van der Waals surface area contributed by atoms with E-state index in [0.29, 0.717) is 0 Å². The lowest BCUT2D eigenvalue weighted by Crippen LogP contribution is -2.26. The molecule has 0 unspecified atom stereocenters. The Morgan fingerprint density at radius 3 is 2.47 bits per heavy atom. The molecule has 19 heavy (non-hydrogen) atoms. The summed E-state index contributed by atoms with van der Waals surface area (Å²) in [6, 6.07) is 9.76. The molecular formula is C13H15N3OS2. The van der Waals surface area contributed by atoms with Crippen molar-refractivity contribution < 1.29 is 4.79 Å². The van der Waals surface area contributed by atoms with Crippen molar-refractivity contribution >= 4 is 29.0 Å². The Morgan fingerprint density at radius 2 is 1.95 bits per heavy atom. The van der Waals surface area contributed by atoms with E-state index >= 15 is 0 Å². The second kappa shape index (κ2) is 6.16. The maximum atomic E-state index is 12.3. The number of thioether (sulfide) groups is 1. The lowest BCUT2D eigenvalue weighted by atomic mass is 10.1. The molecule has 6 heteroatoms. The first-order chi connectivity index (χ1) is 9.08. The highest BCUT2D eigenvalue weighted by atomic mass is 32.2. The van der Waals surface area contributed by atoms with Gasteiger partial charge in [-0.25, -0.2) is 0 Å². The summed E-state index contributed by atoms with van der Waals surface area (Å²) in [5.41, 5.74) is 0.985. The molecule has 0 bridgehead atoms. The van der Waals surface area contributed by atoms with Crippen LogP contribution in [0.4, 0.5) is 0 Å². The first kappa shape index (κ1) is 14.0. The zero-order valence-corrected chi connectivity index (χ0v) is 12.7. The third kappa shape index (κ3) is 3.54. The van der Waals surface area contributed by atoms with Gasteiger partial charge in [-0.05, 0) is 12.5 Å². The molecule has 1 atom stereocenters. The van der Waals surface area contributed by atoms with Gasteiger partial charge in [0.05, 0.1) is 0 Å². The molecule has 4 nitrogen and oxygen atoms in total. The minimum Gasteiger partial charge on any atom is -0.348 e. The van der Waals surface area contributed by atoms with Crippen LogP contribution >= 0.6 is 23.1 Å². The lowest BCUT2D eigenvalue weighted by molar-refractivity contribution is -0.128. The Morgan fingerprint density at radius 1 is 1.26 bits per heavy atom. The highest BCUT2D eigenvalue weighted by molar-refractivity contribution is 8.01. The highest BCUT2D eigenvalue weighted by Gasteiger charge is 2.24. The van der Waals surface area contributed by atoms with Crippen molar-refractivity contribution in [2.45, 2.75) is 16.5 Å². The fourth-order valence-electron chi connectivity index (χ4n) is 1.55. The topological polar surface area (TPSA) is 46.1 Å². The van der Waals surface area contributed by atoms with E-state index in [4.69, 9.17) is 0 Å². The molecule has 1 aromatic carbocycles. The van der Waals surface area contributed by atoms with E-state index in [1.807, 2.05) is 37.3 Å². The second-order valence-electron chi connectivity index (χ2n) is 4.23. The van der Waals surface area contributed by atoms with E-state index in [1.54, 1.807) is 19.0 Å². The van der Waals surface area contributed by atoms with Crippen molar-refractivity contribution in [3.63, 3.8) is 0 Å². The van der Waals surface area contributed by atoms with Gasteiger partial charge in [-0.2, -0.15) is 0 Å². The molecule has 0 aliphatic heterocycles. The molecule has 0 aliphatic rings. The number of likely N-dealkylation sites (N-methyl/N-ethyl adjacent to an activating group) is 1. The summed E-state index contributed by atoms with van der Waals surface area (Å²) < 4.78 is 0.821. The smallest absolute Gasteiger partial charge is 0.240 e. The minimum absolute atomic E-state index is 0.0593. The van der Waals surface area contributed by atoms with Gasteiger partial charge < -0.3 is 4.90 Å². The number of carbonyl (C=O) groups excluding carboxylic acids is 1. The van der Waals surface area contributed by atoms with Crippen molar-refractivity contribution in [2.75, 3.05) is 14.1 Å². The molecule has 1 aromatic heterocycles. The molecule has 2 aromatic rings. The van der Waals surface area contributed by atoms with Crippen LogP contribution < -0.4 is 0 Å². The van der Waals surface area contributed by atoms with E-state index in [0.717, 1.165) is 14.9 Å². The summed E-state index contributed by atoms with van der Waals surface area (Å²) in [6.07, 6.45) is 0. The Labute approximate surface area is 120 Å². The number of hydrogen-bond donors (Lipinski definition) is 0. The zero-order valence-electron chi connectivity index (χ0n) is 11.0. The minimum atomic E-state index is -0.274. The van der Waals surface area contributed by atoms with Gasteiger partial charge >= 0.3 is 0 Å². The molecule has 0 aliphatic carbocycles. The second-order valence-corrected chi connectivity index (χ2v) is 6.76. The van der Waals surface area contributed by atoms with Gasteiger partial charge in [0, 0.05) is 14.1 Å². The number of aryl methyl sites for hydroxylation is 1. The van der Waals surface area contributed by atoms with Crippen molar-refractivity contribution in [3.8, 4) is 0 Å². The quantitative estimate of drug-likeness (QED) is 0.813. The highest BCUT2D eigenvalue weighted by Crippen LogP contribution is 2.37. The van der Waals surface area contributed by atoms with Gasteiger partial charge in [0.15, 0.2) is 4.34 Å². The van der Waals surface area contributed by atoms with Crippen LogP contribution in [0.25, 0.3) is 0 Å². The molecular weight excluding hydrogens is 278 g/mol. The normalized spacial score (nSPS) is 12.2. The first-order valence-electron chi connectivity index (χ1n) is 5.81. The molecule has 1 heterocycles. The van der Waals surface area contributed by atoms with Crippen LogP contribution in [0.1, 0.15) is 15.8 Å². The average Bonchev–Trinajstić information content (AvgIpc) is 2.81. The largest absolute Gasteiger partial charge is 0.348 e. The predicted octanol–water partition coefficient (Wildman–Crippen LogP) is 2.77. The number of amides is 1. The summed E-state index contributed by atoms with van der Waals surface area (Å²) in [6.45, 7) is 1.91. The van der Waals surface area contributed by atoms with E-state index < -0.39 is 0 Å². The molecule has 0 fully saturated rings. The fourth-order valence-corrected chi connectivity index (χ4v) is 3.70. The first-order valence-corrected chi connectivity index (χ1v) is 7.50. The van der Waals surface area contributed by atoms with Gasteiger partial charge in [0.25, 0.3) is 0 Å². The van der Waals surface area contributed by atoms with Crippen molar-refractivity contribution in [1.82, 2.24) is 15.1 Å². The van der Waals surface area contributed by atoms with Crippen LogP contribution in [0, 0.1) is 6.92 Å². The molecule has 2 rings (SSSR count). The van der Waals surface area contributed by atoms with Gasteiger partial charge in [0.2, 0.25) is 5.91 Å². The number of rotatable bonds is 4. The Bertz CT molecular complexity index is 554. The molecule has 0 saturated heterocycles. The van der Waals surface area contributed by atoms with E-state index in [1.165, 1.54) is 23.1 Å². The number of hydrogen-bond acceptors (Lipinski definition) is 5. The molecule has 100 valence electrons. The van der Waals surface area contributed by atoms with Gasteiger partial charge in [-0.3, -0.25) is 4.79 Å². The lowest BCUT2D eigenvalue weighted by Gasteiger charge is -2.19. The van der Waals surface area contributed by atoms with E-state index in [9.17, 15) is 4.79 Å². The third-order valence-corrected chi connectivity index (χ3v) is 4.66. The summed E-state index contributed by atoms with van der Waals surface area (Å²) in [5, 5.41) is 8.71. The van der Waals surface area contributed by atoms with Crippen molar-refractivity contribution in [2.24, 2.45) is 0 Å². The Kier molecular flexibility index (Phi) is 4.55. The molecule has 0 N–H and O–H groups in total. The summed E-state index contributed by atoms with van der Waals surface area (Å²) in [5.74, 6) is 0.0593. The molecule has 0 spiro atoms. The molecule has 0 radical (unpaired) electrons. The third-order valence-electron chi connectivity index (χ3n) is 2.49. The number of carbonyl (C=O) groups is 1. The van der Waals surface area contributed by atoms with Gasteiger partial charge in [0.1, 0.15) is 10.3 Å². The fraction of sp³-hybridized carbons (Fsp3) is 0.308. The van der Waals surface area contributed by atoms with E-state index in [2.05, 4.69) is 10.2 Å². The monoisotopic (exact) mass is 293 g/mol. The molecule has 0 saturated carbocycles. The van der Waals surface area contributed by atoms with Crippen LogP contribution in [0.2, 0.25) is 0 Å². The van der Waals surface area contributed by atoms with Crippen molar-refractivity contribution in [1.29, 1.82) is 0 Å². The number of benzene rings is 1. The van der Waals surface area contributed by atoms with Gasteiger partial charge in [-0.1, -0.05) is 53.4 Å². The van der Waals surface area contributed by atoms with Gasteiger partial charge in [-0.15, -0.1) is 10.2 Å². The predicted molar refractivity (Wildman–Crippen MR) is 78.4 cm³/mol. The van der Waals surface area contributed by atoms with Crippen LogP contribution in [0.15, 0.2) is 34.7 Å². The summed E-state index contributed by atoms with van der Waals surface area (Å²) >= 11 is 2.96. The Hall–Kier alpha value is -1.40. The standard InChI is InChI=1S/C13H15N3OS2/c1-9-14-15-13(18-9)19-11(12(17)16(2)3)10-7-5-4-6-8-10/h4-8,11H,1-3H3/t11-/m1/s1. The van der Waals surface area contributed by atoms with E-state index in [-0.39, 0.29) is 11.2 Å². The number of nitrogens with zero attached hydrogens (tertiary/aromatic N) is 3. The maximum Gasteiger partial charge on any atom is 0.240 e. The zero-order chi connectivity index (χ0) is 13.8. The summed E-state index contributed by atoms with van der Waals surface area (Å²) in [4.78, 5) is 13.9. The maximum absolute atomic E-state index is 12.3. The van der Waals surface area contributed by atoms with Crippen LogP contribution in [-0.2, 0) is 4.79 Å². The van der Waals surface area contributed by atoms with Crippen LogP contribution in [0.3, 0.4) is 0 Å².